The first-order chi connectivity index (χ1) is 11.4. The normalized spacial score (nSPS) is 25.8. The molecule has 0 aromatic heterocycles. The number of rotatable bonds is 12. The van der Waals surface area contributed by atoms with Gasteiger partial charge in [0.25, 0.3) is 0 Å². The zero-order valence-corrected chi connectivity index (χ0v) is 19.7. The van der Waals surface area contributed by atoms with Crippen LogP contribution in [0.3, 0.4) is 0 Å². The van der Waals surface area contributed by atoms with Crippen LogP contribution in [0.4, 0.5) is 0 Å². The van der Waals surface area contributed by atoms with Gasteiger partial charge in [0.05, 0.1) is 0 Å². The van der Waals surface area contributed by atoms with Crippen molar-refractivity contribution in [3.63, 3.8) is 0 Å². The molecule has 0 aromatic rings. The van der Waals surface area contributed by atoms with E-state index in [0.29, 0.717) is 4.20 Å². The van der Waals surface area contributed by atoms with Crippen molar-refractivity contribution < 1.29 is 0 Å². The SMILES string of the molecule is CCCCC(CC)CN1CN(CC(CC)CCCC)CC(C)([AsH2])C1. The van der Waals surface area contributed by atoms with E-state index in [-0.39, 0.29) is 0 Å². The molecule has 1 saturated heterocycles. The quantitative estimate of drug-likeness (QED) is 0.434. The van der Waals surface area contributed by atoms with Crippen molar-refractivity contribution in [1.82, 2.24) is 9.80 Å². The molecule has 1 aliphatic heterocycles. The molecule has 0 aliphatic carbocycles. The van der Waals surface area contributed by atoms with Gasteiger partial charge in [-0.2, -0.15) is 0 Å². The Morgan fingerprint density at radius 2 is 1.25 bits per heavy atom. The van der Waals surface area contributed by atoms with Crippen LogP contribution in [0.2, 0.25) is 4.20 Å². The summed E-state index contributed by atoms with van der Waals surface area (Å²) >= 11 is 1.95. The van der Waals surface area contributed by atoms with Crippen LogP contribution in [0.25, 0.3) is 0 Å². The number of hydrogen-bond acceptors (Lipinski definition) is 2. The Balaban J connectivity index is 2.58. The van der Waals surface area contributed by atoms with Crippen LogP contribution in [-0.2, 0) is 0 Å². The molecule has 0 amide bonds. The van der Waals surface area contributed by atoms with Crippen LogP contribution in [-0.4, -0.2) is 59.5 Å². The minimum atomic E-state index is 0.497. The third-order valence-corrected chi connectivity index (χ3v) is 6.46. The molecule has 0 spiro atoms. The molecular formula is C21H45AsN2. The van der Waals surface area contributed by atoms with E-state index < -0.39 is 0 Å². The Kier molecular flexibility index (Phi) is 11.2. The summed E-state index contributed by atoms with van der Waals surface area (Å²) in [5.74, 6) is 1.80. The van der Waals surface area contributed by atoms with Crippen molar-refractivity contribution in [2.24, 2.45) is 11.8 Å². The summed E-state index contributed by atoms with van der Waals surface area (Å²) in [6.07, 6.45) is 11.0. The topological polar surface area (TPSA) is 6.48 Å². The van der Waals surface area contributed by atoms with Gasteiger partial charge in [-0.05, 0) is 0 Å². The van der Waals surface area contributed by atoms with E-state index in [1.165, 1.54) is 84.2 Å². The van der Waals surface area contributed by atoms with E-state index in [4.69, 9.17) is 0 Å². The van der Waals surface area contributed by atoms with E-state index in [2.05, 4.69) is 44.4 Å². The van der Waals surface area contributed by atoms with Crippen molar-refractivity contribution in [3.05, 3.63) is 0 Å². The van der Waals surface area contributed by atoms with Gasteiger partial charge in [-0.1, -0.05) is 0 Å². The molecule has 0 radical (unpaired) electrons. The van der Waals surface area contributed by atoms with Crippen molar-refractivity contribution in [3.8, 4) is 0 Å². The van der Waals surface area contributed by atoms with Gasteiger partial charge in [-0.15, -0.1) is 0 Å². The molecule has 3 atom stereocenters. The molecule has 1 fully saturated rings. The third kappa shape index (κ3) is 8.72. The van der Waals surface area contributed by atoms with Gasteiger partial charge in [0.2, 0.25) is 0 Å². The molecule has 3 unspecified atom stereocenters. The minimum absolute atomic E-state index is 0.497. The van der Waals surface area contributed by atoms with Crippen LogP contribution in [0.5, 0.6) is 0 Å². The van der Waals surface area contributed by atoms with E-state index in [0.717, 1.165) is 11.8 Å². The van der Waals surface area contributed by atoms with E-state index in [1.54, 1.807) is 0 Å². The Labute approximate surface area is 161 Å². The molecule has 144 valence electrons. The first kappa shape index (κ1) is 22.5. The van der Waals surface area contributed by atoms with Crippen LogP contribution in [0.1, 0.15) is 86.0 Å². The average molecular weight is 401 g/mol. The molecule has 0 saturated carbocycles. The van der Waals surface area contributed by atoms with Gasteiger partial charge in [-0.25, -0.2) is 0 Å². The third-order valence-electron chi connectivity index (χ3n) is 5.69. The predicted octanol–water partition coefficient (Wildman–Crippen LogP) is 4.81. The van der Waals surface area contributed by atoms with Crippen LogP contribution in [0.15, 0.2) is 0 Å². The summed E-state index contributed by atoms with van der Waals surface area (Å²) in [4.78, 5) is 5.56. The van der Waals surface area contributed by atoms with Gasteiger partial charge in [0, 0.05) is 0 Å². The van der Waals surface area contributed by atoms with Crippen molar-refractivity contribution >= 4 is 16.9 Å². The molecule has 1 heterocycles. The number of unbranched alkanes of at least 4 members (excludes halogenated alkanes) is 2. The molecule has 1 rings (SSSR count). The average Bonchev–Trinajstić information content (AvgIpc) is 2.53. The standard InChI is InChI=1S/C21H45AsN2/c1-6-10-12-19(8-3)14-23-16-21(5,22)17-24(18-23)15-20(9-4)13-11-7-2/h19-20H,6-18,22H2,1-5H3. The summed E-state index contributed by atoms with van der Waals surface area (Å²) in [6, 6.07) is 0. The zero-order valence-electron chi connectivity index (χ0n) is 17.3. The summed E-state index contributed by atoms with van der Waals surface area (Å²) in [5.41, 5.74) is 0. The molecule has 0 N–H and O–H groups in total. The number of hydrogen-bond donors (Lipinski definition) is 0. The summed E-state index contributed by atoms with van der Waals surface area (Å²) in [5, 5.41) is 0. The zero-order chi connectivity index (χ0) is 18.0. The van der Waals surface area contributed by atoms with E-state index in [1.807, 2.05) is 16.9 Å². The van der Waals surface area contributed by atoms with E-state index >= 15 is 0 Å². The molecular weight excluding hydrogens is 355 g/mol. The van der Waals surface area contributed by atoms with Crippen LogP contribution in [0, 0.1) is 11.8 Å². The second-order valence-electron chi connectivity index (χ2n) is 8.65. The fourth-order valence-electron chi connectivity index (χ4n) is 4.26. The second-order valence-corrected chi connectivity index (χ2v) is 11.6. The van der Waals surface area contributed by atoms with E-state index in [9.17, 15) is 0 Å². The van der Waals surface area contributed by atoms with Crippen LogP contribution < -0.4 is 0 Å². The fourth-order valence-corrected chi connectivity index (χ4v) is 5.35. The maximum absolute atomic E-state index is 2.78. The first-order valence-corrected chi connectivity index (χ1v) is 11.9. The first-order valence-electron chi connectivity index (χ1n) is 10.7. The maximum atomic E-state index is 2.78. The summed E-state index contributed by atoms with van der Waals surface area (Å²) < 4.78 is 0.497. The molecule has 3 heteroatoms. The Bertz CT molecular complexity index is 291. The Hall–Kier alpha value is 0.478. The van der Waals surface area contributed by atoms with Gasteiger partial charge in [0.1, 0.15) is 0 Å². The molecule has 0 bridgehead atoms. The summed E-state index contributed by atoms with van der Waals surface area (Å²) in [6.45, 7) is 18.4. The van der Waals surface area contributed by atoms with Crippen molar-refractivity contribution in [2.45, 2.75) is 90.2 Å². The predicted molar refractivity (Wildman–Crippen MR) is 112 cm³/mol. The molecule has 24 heavy (non-hydrogen) atoms. The monoisotopic (exact) mass is 400 g/mol. The second kappa shape index (κ2) is 12.0. The number of nitrogens with zero attached hydrogens (tertiary/aromatic N) is 2. The van der Waals surface area contributed by atoms with Crippen LogP contribution >= 0.6 is 0 Å². The van der Waals surface area contributed by atoms with Gasteiger partial charge < -0.3 is 0 Å². The molecule has 2 nitrogen and oxygen atoms in total. The fraction of sp³-hybridized carbons (Fsp3) is 1.00. The molecule has 1 aliphatic rings. The van der Waals surface area contributed by atoms with Crippen molar-refractivity contribution in [1.29, 1.82) is 0 Å². The van der Waals surface area contributed by atoms with Gasteiger partial charge in [-0.3, -0.25) is 0 Å². The van der Waals surface area contributed by atoms with Gasteiger partial charge >= 0.3 is 162 Å². The Morgan fingerprint density at radius 3 is 1.58 bits per heavy atom. The van der Waals surface area contributed by atoms with Crippen molar-refractivity contribution in [2.75, 3.05) is 32.8 Å². The molecule has 0 aromatic carbocycles. The summed E-state index contributed by atoms with van der Waals surface area (Å²) in [7, 11) is 0. The van der Waals surface area contributed by atoms with Gasteiger partial charge in [0.15, 0.2) is 0 Å². The Morgan fingerprint density at radius 1 is 0.833 bits per heavy atom.